The molecule has 114 valence electrons. The van der Waals surface area contributed by atoms with Crippen molar-refractivity contribution >= 4 is 36.2 Å². The van der Waals surface area contributed by atoms with Crippen LogP contribution in [-0.2, 0) is 24.4 Å². The normalized spacial score (nSPS) is 13.4. The second-order valence-electron chi connectivity index (χ2n) is 5.34. The summed E-state index contributed by atoms with van der Waals surface area (Å²) < 4.78 is 60.2. The van der Waals surface area contributed by atoms with Crippen molar-refractivity contribution in [1.82, 2.24) is 0 Å². The summed E-state index contributed by atoms with van der Waals surface area (Å²) in [5.74, 6) is 0. The van der Waals surface area contributed by atoms with Crippen molar-refractivity contribution < 1.29 is 25.6 Å². The Balaban J connectivity index is 3.25. The maximum Gasteiger partial charge on any atom is 0.298 e. The fourth-order valence-electron chi connectivity index (χ4n) is 1.15. The predicted octanol–water partition coefficient (Wildman–Crippen LogP) is 2.45. The Kier molecular flexibility index (Phi) is 5.03. The first-order chi connectivity index (χ1) is 8.83. The van der Waals surface area contributed by atoms with Gasteiger partial charge in [-0.3, -0.25) is 8.74 Å². The molecule has 0 bridgehead atoms. The fraction of sp³-hybridized carbons (Fsp3) is 0.455. The van der Waals surface area contributed by atoms with Crippen molar-refractivity contribution in [2.24, 2.45) is 5.41 Å². The molecule has 0 fully saturated rings. The van der Waals surface area contributed by atoms with Crippen LogP contribution in [0.4, 0.5) is 0 Å². The summed E-state index contributed by atoms with van der Waals surface area (Å²) >= 11 is 3.02. The maximum atomic E-state index is 12.1. The highest BCUT2D eigenvalue weighted by Crippen LogP contribution is 2.28. The molecule has 0 aliphatic rings. The summed E-state index contributed by atoms with van der Waals surface area (Å²) in [6, 6.07) is 3.15. The summed E-state index contributed by atoms with van der Waals surface area (Å²) in [5, 5.41) is 0. The number of hydrogen-bond donors (Lipinski definition) is 1. The molecule has 0 heterocycles. The lowest BCUT2D eigenvalue weighted by molar-refractivity contribution is 0.203. The van der Waals surface area contributed by atoms with Gasteiger partial charge in [0.25, 0.3) is 20.2 Å². The van der Waals surface area contributed by atoms with E-state index in [2.05, 4.69) is 15.9 Å². The molecule has 6 nitrogen and oxygen atoms in total. The van der Waals surface area contributed by atoms with E-state index in [-0.39, 0.29) is 21.4 Å². The van der Waals surface area contributed by atoms with Crippen LogP contribution in [0.25, 0.3) is 0 Å². The average Bonchev–Trinajstić information content (AvgIpc) is 2.24. The average molecular weight is 387 g/mol. The summed E-state index contributed by atoms with van der Waals surface area (Å²) in [7, 11) is -8.62. The van der Waals surface area contributed by atoms with E-state index in [1.54, 1.807) is 20.8 Å². The Morgan fingerprint density at radius 1 is 1.20 bits per heavy atom. The van der Waals surface area contributed by atoms with Gasteiger partial charge >= 0.3 is 0 Å². The smallest absolute Gasteiger partial charge is 0.282 e. The Morgan fingerprint density at radius 3 is 2.20 bits per heavy atom. The van der Waals surface area contributed by atoms with Gasteiger partial charge in [-0.2, -0.15) is 16.8 Å². The minimum Gasteiger partial charge on any atom is -0.282 e. The molecule has 0 radical (unpaired) electrons. The van der Waals surface area contributed by atoms with Gasteiger partial charge in [0.05, 0.1) is 11.5 Å². The molecule has 0 unspecified atom stereocenters. The lowest BCUT2D eigenvalue weighted by atomic mass is 9.99. The van der Waals surface area contributed by atoms with Crippen LogP contribution < -0.4 is 0 Å². The molecule has 0 saturated carbocycles. The third-order valence-corrected chi connectivity index (χ3v) is 5.23. The van der Waals surface area contributed by atoms with Gasteiger partial charge in [0, 0.05) is 4.47 Å². The molecule has 9 heteroatoms. The van der Waals surface area contributed by atoms with Crippen molar-refractivity contribution in [2.75, 3.05) is 6.61 Å². The Labute approximate surface area is 127 Å². The minimum absolute atomic E-state index is 0.0577. The molecule has 1 aromatic rings. The molecule has 0 amide bonds. The van der Waals surface area contributed by atoms with Crippen molar-refractivity contribution in [3.8, 4) is 0 Å². The van der Waals surface area contributed by atoms with Crippen molar-refractivity contribution in [2.45, 2.75) is 30.6 Å². The van der Waals surface area contributed by atoms with E-state index in [0.717, 1.165) is 12.1 Å². The van der Waals surface area contributed by atoms with Gasteiger partial charge in [0.1, 0.15) is 4.90 Å². The first kappa shape index (κ1) is 17.6. The Bertz CT molecular complexity index is 701. The number of benzene rings is 1. The van der Waals surface area contributed by atoms with Crippen LogP contribution in [0.2, 0.25) is 0 Å². The molecule has 0 spiro atoms. The molecule has 0 aromatic heterocycles. The number of hydrogen-bond acceptors (Lipinski definition) is 5. The van der Waals surface area contributed by atoms with Crippen LogP contribution in [-0.4, -0.2) is 28.0 Å². The highest BCUT2D eigenvalue weighted by atomic mass is 79.9. The summed E-state index contributed by atoms with van der Waals surface area (Å²) in [5.41, 5.74) is -0.375. The molecule has 0 atom stereocenters. The van der Waals surface area contributed by atoms with Crippen molar-refractivity contribution in [3.05, 3.63) is 22.7 Å². The van der Waals surface area contributed by atoms with Gasteiger partial charge in [-0.25, -0.2) is 0 Å². The molecule has 20 heavy (non-hydrogen) atoms. The van der Waals surface area contributed by atoms with E-state index in [9.17, 15) is 16.8 Å². The first-order valence-electron chi connectivity index (χ1n) is 5.49. The van der Waals surface area contributed by atoms with Crippen LogP contribution in [0.15, 0.2) is 32.5 Å². The molecular weight excluding hydrogens is 372 g/mol. The zero-order chi connectivity index (χ0) is 15.8. The third-order valence-electron chi connectivity index (χ3n) is 2.12. The lowest BCUT2D eigenvalue weighted by Gasteiger charge is -2.18. The van der Waals surface area contributed by atoms with E-state index in [1.807, 2.05) is 0 Å². The van der Waals surface area contributed by atoms with Crippen LogP contribution in [0.5, 0.6) is 0 Å². The zero-order valence-electron chi connectivity index (χ0n) is 11.1. The quantitative estimate of drug-likeness (QED) is 0.630. The first-order valence-corrected chi connectivity index (χ1v) is 9.13. The molecule has 0 aliphatic heterocycles. The lowest BCUT2D eigenvalue weighted by Crippen LogP contribution is -2.19. The van der Waals surface area contributed by atoms with Gasteiger partial charge in [-0.1, -0.05) is 20.8 Å². The molecule has 1 aromatic carbocycles. The maximum absolute atomic E-state index is 12.1. The molecule has 0 aliphatic carbocycles. The van der Waals surface area contributed by atoms with E-state index < -0.39 is 25.1 Å². The van der Waals surface area contributed by atoms with Crippen LogP contribution in [0.3, 0.4) is 0 Å². The molecule has 1 N–H and O–H groups in total. The highest BCUT2D eigenvalue weighted by Gasteiger charge is 2.24. The molecule has 1 rings (SSSR count). The van der Waals surface area contributed by atoms with E-state index in [0.29, 0.717) is 0 Å². The van der Waals surface area contributed by atoms with Crippen LogP contribution >= 0.6 is 15.9 Å². The van der Waals surface area contributed by atoms with Gasteiger partial charge in [-0.05, 0) is 39.5 Å². The van der Waals surface area contributed by atoms with Crippen LogP contribution in [0.1, 0.15) is 20.8 Å². The van der Waals surface area contributed by atoms with Gasteiger partial charge in [-0.15, -0.1) is 0 Å². The summed E-state index contributed by atoms with van der Waals surface area (Å²) in [6.45, 7) is 5.34. The number of halogens is 1. The Hall–Kier alpha value is -0.480. The molecule has 0 saturated heterocycles. The second-order valence-corrected chi connectivity index (χ2v) is 9.20. The summed E-state index contributed by atoms with van der Waals surface area (Å²) in [4.78, 5) is -0.865. The van der Waals surface area contributed by atoms with Gasteiger partial charge < -0.3 is 0 Å². The van der Waals surface area contributed by atoms with E-state index in [1.165, 1.54) is 6.07 Å². The van der Waals surface area contributed by atoms with E-state index >= 15 is 0 Å². The van der Waals surface area contributed by atoms with Crippen LogP contribution in [0, 0.1) is 5.41 Å². The molecular formula is C11H15BrO6S2. The Morgan fingerprint density at radius 2 is 1.75 bits per heavy atom. The SMILES string of the molecule is CC(C)(C)COS(=O)(=O)c1cc(S(=O)(=O)O)ccc1Br. The minimum atomic E-state index is -4.49. The van der Waals surface area contributed by atoms with Crippen molar-refractivity contribution in [3.63, 3.8) is 0 Å². The van der Waals surface area contributed by atoms with Gasteiger partial charge in [0.15, 0.2) is 0 Å². The number of rotatable bonds is 4. The largest absolute Gasteiger partial charge is 0.298 e. The standard InChI is InChI=1S/C11H15BrO6S2/c1-11(2,3)7-18-20(16,17)10-6-8(19(13,14)15)4-5-9(10)12/h4-6H,7H2,1-3H3,(H,13,14,15). The fourth-order valence-corrected chi connectivity index (χ4v) is 3.79. The third kappa shape index (κ3) is 4.81. The summed E-state index contributed by atoms with van der Waals surface area (Å²) in [6.07, 6.45) is 0. The van der Waals surface area contributed by atoms with Crippen molar-refractivity contribution in [1.29, 1.82) is 0 Å². The monoisotopic (exact) mass is 386 g/mol. The second kappa shape index (κ2) is 5.72. The highest BCUT2D eigenvalue weighted by molar-refractivity contribution is 9.10. The predicted molar refractivity (Wildman–Crippen MR) is 76.5 cm³/mol. The van der Waals surface area contributed by atoms with E-state index in [4.69, 9.17) is 8.74 Å². The topological polar surface area (TPSA) is 97.7 Å². The zero-order valence-corrected chi connectivity index (χ0v) is 14.3. The van der Waals surface area contributed by atoms with Gasteiger partial charge in [0.2, 0.25) is 0 Å².